The van der Waals surface area contributed by atoms with Crippen LogP contribution >= 0.6 is 0 Å². The summed E-state index contributed by atoms with van der Waals surface area (Å²) in [6, 6.07) is 1.28. The molecule has 7 nitrogen and oxygen atoms in total. The zero-order valence-electron chi connectivity index (χ0n) is 9.47. The maximum atomic E-state index is 11.7. The average Bonchev–Trinajstić information content (AvgIpc) is 3.11. The fourth-order valence-electron chi connectivity index (χ4n) is 1.36. The quantitative estimate of drug-likeness (QED) is 0.633. The lowest BCUT2D eigenvalue weighted by molar-refractivity contribution is -0.120. The molecule has 1 fully saturated rings. The van der Waals surface area contributed by atoms with E-state index in [1.165, 1.54) is 6.20 Å². The second kappa shape index (κ2) is 4.91. The molecule has 0 saturated heterocycles. The van der Waals surface area contributed by atoms with Gasteiger partial charge in [0.25, 0.3) is 0 Å². The smallest absolute Gasteiger partial charge is 0.246 e. The molecule has 1 aliphatic rings. The minimum Gasteiger partial charge on any atom is -0.366 e. The highest BCUT2D eigenvalue weighted by atomic mass is 32.2. The standard InChI is InChI=1S/C10H13N3O4S/c14-8-3-4-11-5-9(8)18(16,17)12-6-10(15)13-7-1-2-7/h3-5,7,12H,1-2,6H2,(H,11,14)(H,13,15). The van der Waals surface area contributed by atoms with Crippen molar-refractivity contribution in [1.29, 1.82) is 0 Å². The molecule has 1 saturated carbocycles. The molecular formula is C10H13N3O4S. The average molecular weight is 271 g/mol. The van der Waals surface area contributed by atoms with E-state index in [0.717, 1.165) is 25.1 Å². The molecule has 1 aliphatic carbocycles. The Morgan fingerprint density at radius 2 is 2.17 bits per heavy atom. The third-order valence-electron chi connectivity index (χ3n) is 2.44. The summed E-state index contributed by atoms with van der Waals surface area (Å²) in [6.45, 7) is -0.368. The Hall–Kier alpha value is -1.67. The van der Waals surface area contributed by atoms with Crippen LogP contribution in [0.25, 0.3) is 0 Å². The Labute approximate surface area is 104 Å². The van der Waals surface area contributed by atoms with E-state index in [1.54, 1.807) is 0 Å². The van der Waals surface area contributed by atoms with E-state index < -0.39 is 26.3 Å². The lowest BCUT2D eigenvalue weighted by Crippen LogP contribution is -2.39. The van der Waals surface area contributed by atoms with E-state index in [0.29, 0.717) is 0 Å². The van der Waals surface area contributed by atoms with Gasteiger partial charge in [0, 0.05) is 24.5 Å². The van der Waals surface area contributed by atoms with Crippen LogP contribution in [0.3, 0.4) is 0 Å². The number of amides is 1. The van der Waals surface area contributed by atoms with Crippen LogP contribution in [0.1, 0.15) is 12.8 Å². The van der Waals surface area contributed by atoms with E-state index >= 15 is 0 Å². The summed E-state index contributed by atoms with van der Waals surface area (Å²) < 4.78 is 25.6. The Bertz CT molecular complexity index is 604. The first-order valence-corrected chi connectivity index (χ1v) is 6.93. The molecule has 98 valence electrons. The summed E-state index contributed by atoms with van der Waals surface area (Å²) in [4.78, 5) is 24.8. The molecular weight excluding hydrogens is 258 g/mol. The lowest BCUT2D eigenvalue weighted by atomic mass is 10.5. The molecule has 0 bridgehead atoms. The number of aromatic amines is 1. The SMILES string of the molecule is O=C(CNS(=O)(=O)c1c[nH]ccc1=O)NC1CC1. The van der Waals surface area contributed by atoms with Crippen LogP contribution in [0.5, 0.6) is 0 Å². The number of rotatable bonds is 5. The van der Waals surface area contributed by atoms with Crippen LogP contribution in [-0.2, 0) is 14.8 Å². The summed E-state index contributed by atoms with van der Waals surface area (Å²) in [6.07, 6.45) is 4.28. The number of hydrogen-bond donors (Lipinski definition) is 3. The van der Waals surface area contributed by atoms with Crippen molar-refractivity contribution in [2.75, 3.05) is 6.54 Å². The number of nitrogens with one attached hydrogen (secondary N) is 3. The number of carbonyl (C=O) groups excluding carboxylic acids is 1. The summed E-state index contributed by atoms with van der Waals surface area (Å²) in [5, 5.41) is 2.64. The van der Waals surface area contributed by atoms with Crippen molar-refractivity contribution in [3.63, 3.8) is 0 Å². The monoisotopic (exact) mass is 271 g/mol. The molecule has 0 atom stereocenters. The normalized spacial score (nSPS) is 15.3. The summed E-state index contributed by atoms with van der Waals surface area (Å²) in [5.41, 5.74) is -0.621. The number of hydrogen-bond acceptors (Lipinski definition) is 4. The Morgan fingerprint density at radius 1 is 1.44 bits per heavy atom. The van der Waals surface area contributed by atoms with Crippen molar-refractivity contribution in [2.24, 2.45) is 0 Å². The summed E-state index contributed by atoms with van der Waals surface area (Å²) >= 11 is 0. The number of aromatic nitrogens is 1. The lowest BCUT2D eigenvalue weighted by Gasteiger charge is -2.06. The molecule has 3 N–H and O–H groups in total. The van der Waals surface area contributed by atoms with Crippen LogP contribution in [0.4, 0.5) is 0 Å². The van der Waals surface area contributed by atoms with Gasteiger partial charge in [-0.25, -0.2) is 13.1 Å². The molecule has 0 spiro atoms. The minimum atomic E-state index is -3.96. The fourth-order valence-corrected chi connectivity index (χ4v) is 2.39. The third-order valence-corrected chi connectivity index (χ3v) is 3.87. The van der Waals surface area contributed by atoms with Gasteiger partial charge in [-0.1, -0.05) is 0 Å². The van der Waals surface area contributed by atoms with Crippen molar-refractivity contribution >= 4 is 15.9 Å². The molecule has 18 heavy (non-hydrogen) atoms. The molecule has 0 aliphatic heterocycles. The first-order chi connectivity index (χ1) is 8.49. The van der Waals surface area contributed by atoms with Crippen molar-refractivity contribution < 1.29 is 13.2 Å². The first kappa shape index (κ1) is 12.8. The molecule has 0 radical (unpaired) electrons. The van der Waals surface area contributed by atoms with Gasteiger partial charge in [-0.05, 0) is 12.8 Å². The number of H-pyrrole nitrogens is 1. The topological polar surface area (TPSA) is 108 Å². The van der Waals surface area contributed by atoms with E-state index in [2.05, 4.69) is 15.0 Å². The maximum absolute atomic E-state index is 11.7. The number of pyridine rings is 1. The minimum absolute atomic E-state index is 0.169. The predicted octanol–water partition coefficient (Wildman–Crippen LogP) is -1.07. The van der Waals surface area contributed by atoms with Gasteiger partial charge >= 0.3 is 0 Å². The molecule has 2 rings (SSSR count). The highest BCUT2D eigenvalue weighted by Gasteiger charge is 2.24. The van der Waals surface area contributed by atoms with E-state index in [1.807, 2.05) is 0 Å². The van der Waals surface area contributed by atoms with Crippen molar-refractivity contribution in [1.82, 2.24) is 15.0 Å². The number of carbonyl (C=O) groups is 1. The second-order valence-corrected chi connectivity index (χ2v) is 5.77. The van der Waals surface area contributed by atoms with Gasteiger partial charge < -0.3 is 10.3 Å². The summed E-state index contributed by atoms with van der Waals surface area (Å²) in [7, 11) is -3.96. The third kappa shape index (κ3) is 3.17. The summed E-state index contributed by atoms with van der Waals surface area (Å²) in [5.74, 6) is -0.395. The van der Waals surface area contributed by atoms with Crippen LogP contribution < -0.4 is 15.5 Å². The van der Waals surface area contributed by atoms with E-state index in [-0.39, 0.29) is 12.6 Å². The fraction of sp³-hybridized carbons (Fsp3) is 0.400. The second-order valence-electron chi connectivity index (χ2n) is 4.04. The van der Waals surface area contributed by atoms with Gasteiger partial charge in [0.15, 0.2) is 0 Å². The van der Waals surface area contributed by atoms with Crippen LogP contribution in [0.2, 0.25) is 0 Å². The van der Waals surface area contributed by atoms with Crippen molar-refractivity contribution in [2.45, 2.75) is 23.8 Å². The Morgan fingerprint density at radius 3 is 2.78 bits per heavy atom. The Kier molecular flexibility index (Phi) is 3.48. The van der Waals surface area contributed by atoms with Crippen molar-refractivity contribution in [3.05, 3.63) is 28.7 Å². The van der Waals surface area contributed by atoms with Gasteiger partial charge in [-0.2, -0.15) is 0 Å². The van der Waals surface area contributed by atoms with Gasteiger partial charge in [-0.3, -0.25) is 9.59 Å². The molecule has 1 aromatic heterocycles. The van der Waals surface area contributed by atoms with Crippen LogP contribution in [0.15, 0.2) is 28.2 Å². The van der Waals surface area contributed by atoms with E-state index in [4.69, 9.17) is 0 Å². The predicted molar refractivity (Wildman–Crippen MR) is 63.4 cm³/mol. The highest BCUT2D eigenvalue weighted by Crippen LogP contribution is 2.18. The molecule has 8 heteroatoms. The number of sulfonamides is 1. The molecule has 1 amide bonds. The molecule has 0 aromatic carbocycles. The molecule has 1 aromatic rings. The van der Waals surface area contributed by atoms with Gasteiger partial charge in [0.05, 0.1) is 6.54 Å². The van der Waals surface area contributed by atoms with Gasteiger partial charge in [-0.15, -0.1) is 0 Å². The molecule has 1 heterocycles. The zero-order chi connectivity index (χ0) is 13.2. The van der Waals surface area contributed by atoms with Crippen LogP contribution in [-0.4, -0.2) is 31.9 Å². The Balaban J connectivity index is 2.01. The van der Waals surface area contributed by atoms with Gasteiger partial charge in [0.1, 0.15) is 4.90 Å². The van der Waals surface area contributed by atoms with E-state index in [9.17, 15) is 18.0 Å². The van der Waals surface area contributed by atoms with Crippen molar-refractivity contribution in [3.8, 4) is 0 Å². The maximum Gasteiger partial charge on any atom is 0.246 e. The molecule has 0 unspecified atom stereocenters. The van der Waals surface area contributed by atoms with Gasteiger partial charge in [0.2, 0.25) is 21.4 Å². The zero-order valence-corrected chi connectivity index (χ0v) is 10.3. The highest BCUT2D eigenvalue weighted by molar-refractivity contribution is 7.89. The largest absolute Gasteiger partial charge is 0.366 e. The first-order valence-electron chi connectivity index (χ1n) is 5.45. The van der Waals surface area contributed by atoms with Crippen LogP contribution in [0, 0.1) is 0 Å².